The van der Waals surface area contributed by atoms with Gasteiger partial charge >= 0.3 is 6.18 Å². The zero-order valence-corrected chi connectivity index (χ0v) is 9.59. The fraction of sp³-hybridized carbons (Fsp3) is 0.125. The van der Waals surface area contributed by atoms with Gasteiger partial charge in [-0.25, -0.2) is 13.8 Å². The van der Waals surface area contributed by atoms with Crippen LogP contribution >= 0.6 is 27.5 Å². The summed E-state index contributed by atoms with van der Waals surface area (Å²) in [6, 6.07) is 1.19. The quantitative estimate of drug-likeness (QED) is 0.531. The SMILES string of the molecule is Fc1cc(F)c(N=C(Cl)C(F)(F)F)c(Br)c1. The minimum atomic E-state index is -4.87. The lowest BCUT2D eigenvalue weighted by molar-refractivity contribution is -0.0558. The van der Waals surface area contributed by atoms with Crippen molar-refractivity contribution in [3.8, 4) is 0 Å². The van der Waals surface area contributed by atoms with Gasteiger partial charge in [-0.2, -0.15) is 13.2 Å². The van der Waals surface area contributed by atoms with E-state index in [1.54, 1.807) is 0 Å². The predicted octanol–water partition coefficient (Wildman–Crippen LogP) is 4.56. The number of benzene rings is 1. The van der Waals surface area contributed by atoms with Crippen molar-refractivity contribution >= 4 is 38.4 Å². The molecule has 16 heavy (non-hydrogen) atoms. The Morgan fingerprint density at radius 1 is 1.25 bits per heavy atom. The predicted molar refractivity (Wildman–Crippen MR) is 53.1 cm³/mol. The van der Waals surface area contributed by atoms with Crippen LogP contribution in [-0.4, -0.2) is 11.3 Å². The van der Waals surface area contributed by atoms with Crippen LogP contribution in [0, 0.1) is 11.6 Å². The van der Waals surface area contributed by atoms with E-state index < -0.39 is 28.7 Å². The Kier molecular flexibility index (Phi) is 3.90. The maximum Gasteiger partial charge on any atom is 0.444 e. The third-order valence-electron chi connectivity index (χ3n) is 1.43. The lowest BCUT2D eigenvalue weighted by Crippen LogP contribution is -2.16. The number of rotatable bonds is 1. The highest BCUT2D eigenvalue weighted by atomic mass is 79.9. The standard InChI is InChI=1S/C8H2BrClF5N/c9-4-1-3(11)2-5(12)6(4)16-7(10)8(13,14)15/h1-2H. The van der Waals surface area contributed by atoms with Gasteiger partial charge in [0.15, 0.2) is 5.82 Å². The molecule has 0 saturated carbocycles. The summed E-state index contributed by atoms with van der Waals surface area (Å²) >= 11 is 7.50. The molecule has 0 aliphatic heterocycles. The van der Waals surface area contributed by atoms with Gasteiger partial charge in [0, 0.05) is 10.5 Å². The first-order chi connectivity index (χ1) is 7.21. The molecule has 0 N–H and O–H groups in total. The maximum absolute atomic E-state index is 13.1. The Balaban J connectivity index is 3.26. The molecule has 0 aromatic heterocycles. The summed E-state index contributed by atoms with van der Waals surface area (Å²) < 4.78 is 61.4. The summed E-state index contributed by atoms with van der Waals surface area (Å²) in [6.07, 6.45) is -4.87. The highest BCUT2D eigenvalue weighted by Crippen LogP contribution is 2.32. The van der Waals surface area contributed by atoms with Gasteiger partial charge in [0.25, 0.3) is 0 Å². The van der Waals surface area contributed by atoms with Gasteiger partial charge in [0.1, 0.15) is 11.5 Å². The van der Waals surface area contributed by atoms with Crippen LogP contribution in [0.3, 0.4) is 0 Å². The molecule has 0 radical (unpaired) electrons. The zero-order chi connectivity index (χ0) is 12.5. The second-order valence-corrected chi connectivity index (χ2v) is 3.83. The van der Waals surface area contributed by atoms with Gasteiger partial charge in [-0.05, 0) is 22.0 Å². The van der Waals surface area contributed by atoms with Gasteiger partial charge < -0.3 is 0 Å². The van der Waals surface area contributed by atoms with E-state index in [1.165, 1.54) is 0 Å². The van der Waals surface area contributed by atoms with E-state index in [2.05, 4.69) is 20.9 Å². The second kappa shape index (κ2) is 4.67. The third-order valence-corrected chi connectivity index (χ3v) is 2.33. The third kappa shape index (κ3) is 3.15. The van der Waals surface area contributed by atoms with Crippen LogP contribution in [0.4, 0.5) is 27.6 Å². The zero-order valence-electron chi connectivity index (χ0n) is 7.25. The molecule has 0 aliphatic rings. The average molecular weight is 322 g/mol. The van der Waals surface area contributed by atoms with Crippen LogP contribution < -0.4 is 0 Å². The van der Waals surface area contributed by atoms with E-state index in [9.17, 15) is 22.0 Å². The first kappa shape index (κ1) is 13.4. The minimum absolute atomic E-state index is 0.257. The molecule has 1 aromatic rings. The molecule has 0 fully saturated rings. The van der Waals surface area contributed by atoms with Crippen molar-refractivity contribution in [2.45, 2.75) is 6.18 Å². The van der Waals surface area contributed by atoms with Crippen molar-refractivity contribution in [2.75, 3.05) is 0 Å². The van der Waals surface area contributed by atoms with Crippen molar-refractivity contribution in [1.29, 1.82) is 0 Å². The van der Waals surface area contributed by atoms with Crippen LogP contribution in [0.15, 0.2) is 21.6 Å². The molecule has 0 aliphatic carbocycles. The summed E-state index contributed by atoms with van der Waals surface area (Å²) in [5, 5.41) is -1.74. The smallest absolute Gasteiger partial charge is 0.228 e. The molecule has 88 valence electrons. The van der Waals surface area contributed by atoms with E-state index in [4.69, 9.17) is 11.6 Å². The highest BCUT2D eigenvalue weighted by Gasteiger charge is 2.35. The number of nitrogens with zero attached hydrogens (tertiary/aromatic N) is 1. The summed E-state index contributed by atoms with van der Waals surface area (Å²) in [7, 11) is 0. The topological polar surface area (TPSA) is 12.4 Å². The van der Waals surface area contributed by atoms with Gasteiger partial charge in [-0.1, -0.05) is 11.6 Å². The average Bonchev–Trinajstić information content (AvgIpc) is 2.08. The Labute approximate surface area is 100 Å². The van der Waals surface area contributed by atoms with Gasteiger partial charge in [-0.3, -0.25) is 0 Å². The monoisotopic (exact) mass is 321 g/mol. The Morgan fingerprint density at radius 3 is 2.25 bits per heavy atom. The molecule has 0 saturated heterocycles. The molecule has 1 rings (SSSR count). The molecule has 0 unspecified atom stereocenters. The van der Waals surface area contributed by atoms with Crippen LogP contribution in [0.1, 0.15) is 0 Å². The van der Waals surface area contributed by atoms with Crippen molar-refractivity contribution in [3.63, 3.8) is 0 Å². The van der Waals surface area contributed by atoms with E-state index in [0.29, 0.717) is 6.07 Å². The first-order valence-corrected chi connectivity index (χ1v) is 4.85. The molecule has 1 aromatic carbocycles. The fourth-order valence-electron chi connectivity index (χ4n) is 0.803. The summed E-state index contributed by atoms with van der Waals surface area (Å²) in [4.78, 5) is 2.84. The van der Waals surface area contributed by atoms with Crippen molar-refractivity contribution in [3.05, 3.63) is 28.2 Å². The normalized spacial score (nSPS) is 13.1. The van der Waals surface area contributed by atoms with Crippen molar-refractivity contribution in [1.82, 2.24) is 0 Å². The van der Waals surface area contributed by atoms with Crippen LogP contribution in [0.5, 0.6) is 0 Å². The number of alkyl halides is 3. The molecule has 0 amide bonds. The maximum atomic E-state index is 13.1. The molecule has 8 heteroatoms. The molecular formula is C8H2BrClF5N. The Bertz CT molecular complexity index is 420. The van der Waals surface area contributed by atoms with E-state index in [1.807, 2.05) is 0 Å². The van der Waals surface area contributed by atoms with E-state index in [0.717, 1.165) is 6.07 Å². The Morgan fingerprint density at radius 2 is 1.81 bits per heavy atom. The molecule has 0 spiro atoms. The number of hydrogen-bond donors (Lipinski definition) is 0. The van der Waals surface area contributed by atoms with Gasteiger partial charge in [0.05, 0.1) is 0 Å². The lowest BCUT2D eigenvalue weighted by atomic mass is 10.3. The minimum Gasteiger partial charge on any atom is -0.228 e. The molecule has 0 bridgehead atoms. The van der Waals surface area contributed by atoms with E-state index >= 15 is 0 Å². The lowest BCUT2D eigenvalue weighted by Gasteiger charge is -2.05. The molecule has 1 nitrogen and oxygen atoms in total. The first-order valence-electron chi connectivity index (χ1n) is 3.67. The summed E-state index contributed by atoms with van der Waals surface area (Å²) in [6.45, 7) is 0. The van der Waals surface area contributed by atoms with Crippen LogP contribution in [-0.2, 0) is 0 Å². The largest absolute Gasteiger partial charge is 0.444 e. The number of halogens is 7. The van der Waals surface area contributed by atoms with Crippen molar-refractivity contribution < 1.29 is 22.0 Å². The Hall–Kier alpha value is -0.690. The van der Waals surface area contributed by atoms with Crippen molar-refractivity contribution in [2.24, 2.45) is 4.99 Å². The van der Waals surface area contributed by atoms with Crippen LogP contribution in [0.2, 0.25) is 0 Å². The summed E-state index contributed by atoms with van der Waals surface area (Å²) in [5.74, 6) is -2.18. The molecular weight excluding hydrogens is 320 g/mol. The molecule has 0 heterocycles. The van der Waals surface area contributed by atoms with Gasteiger partial charge in [0.2, 0.25) is 5.17 Å². The van der Waals surface area contributed by atoms with Gasteiger partial charge in [-0.15, -0.1) is 0 Å². The van der Waals surface area contributed by atoms with Crippen LogP contribution in [0.25, 0.3) is 0 Å². The molecule has 0 atom stereocenters. The number of aliphatic imine (C=N–C) groups is 1. The fourth-order valence-corrected chi connectivity index (χ4v) is 1.38. The highest BCUT2D eigenvalue weighted by molar-refractivity contribution is 9.10. The second-order valence-electron chi connectivity index (χ2n) is 2.62. The summed E-state index contributed by atoms with van der Waals surface area (Å²) in [5.41, 5.74) is -0.705. The van der Waals surface area contributed by atoms with E-state index in [-0.39, 0.29) is 4.47 Å². The number of hydrogen-bond acceptors (Lipinski definition) is 1.